The minimum Gasteiger partial charge on any atom is -0.247 e. The fraction of sp³-hybridized carbons (Fsp3) is 0.429. The number of rotatable bonds is 1. The molecule has 2 aliphatic heterocycles. The van der Waals surface area contributed by atoms with E-state index in [0.717, 1.165) is 5.33 Å². The number of halogens is 2. The van der Waals surface area contributed by atoms with Crippen molar-refractivity contribution in [2.24, 2.45) is 9.98 Å². The smallest absolute Gasteiger partial charge is 0.218 e. The Kier molecular flexibility index (Phi) is 2.57. The van der Waals surface area contributed by atoms with E-state index in [9.17, 15) is 0 Å². The Balaban J connectivity index is 2.19. The van der Waals surface area contributed by atoms with Gasteiger partial charge in [-0.15, -0.1) is 11.8 Å². The van der Waals surface area contributed by atoms with Crippen LogP contribution in [0.2, 0.25) is 0 Å². The molecule has 0 aromatic heterocycles. The highest BCUT2D eigenvalue weighted by molar-refractivity contribution is 9.09. The van der Waals surface area contributed by atoms with Crippen LogP contribution < -0.4 is 0 Å². The molecular weight excluding hydrogens is 260 g/mol. The maximum Gasteiger partial charge on any atom is 0.218 e. The first kappa shape index (κ1) is 8.78. The summed E-state index contributed by atoms with van der Waals surface area (Å²) >= 11 is 10.9. The molecular formula is C7H6BrClN2S. The van der Waals surface area contributed by atoms with E-state index in [1.165, 1.54) is 4.91 Å². The molecule has 2 aliphatic rings. The number of allylic oxidation sites excluding steroid dienone is 1. The first-order valence-corrected chi connectivity index (χ1v) is 5.88. The van der Waals surface area contributed by atoms with Gasteiger partial charge in [-0.25, -0.2) is 9.98 Å². The highest BCUT2D eigenvalue weighted by atomic mass is 79.9. The van der Waals surface area contributed by atoms with Crippen LogP contribution in [0.15, 0.2) is 21.0 Å². The lowest BCUT2D eigenvalue weighted by Crippen LogP contribution is -2.21. The summed E-state index contributed by atoms with van der Waals surface area (Å²) in [5, 5.41) is 1.62. The van der Waals surface area contributed by atoms with E-state index >= 15 is 0 Å². The predicted molar refractivity (Wildman–Crippen MR) is 58.8 cm³/mol. The van der Waals surface area contributed by atoms with Gasteiger partial charge in [0.2, 0.25) is 5.29 Å². The lowest BCUT2D eigenvalue weighted by atomic mass is 10.2. The van der Waals surface area contributed by atoms with Gasteiger partial charge in [0.1, 0.15) is 0 Å². The molecule has 0 fully saturated rings. The van der Waals surface area contributed by atoms with Crippen LogP contribution in [0.3, 0.4) is 0 Å². The number of thioether (sulfide) groups is 1. The van der Waals surface area contributed by atoms with Crippen LogP contribution in [-0.2, 0) is 0 Å². The molecule has 0 bridgehead atoms. The van der Waals surface area contributed by atoms with E-state index in [1.54, 1.807) is 11.8 Å². The molecule has 0 aromatic rings. The van der Waals surface area contributed by atoms with E-state index < -0.39 is 0 Å². The maximum absolute atomic E-state index is 5.68. The SMILES string of the molecule is ClC1=NC2C=C(CBr)SC2C=N1. The summed E-state index contributed by atoms with van der Waals surface area (Å²) in [6, 6.07) is 0.201. The van der Waals surface area contributed by atoms with Gasteiger partial charge in [-0.1, -0.05) is 15.9 Å². The lowest BCUT2D eigenvalue weighted by Gasteiger charge is -2.12. The number of alkyl halides is 1. The molecule has 0 aliphatic carbocycles. The summed E-state index contributed by atoms with van der Waals surface area (Å²) in [4.78, 5) is 9.48. The van der Waals surface area contributed by atoms with Crippen molar-refractivity contribution < 1.29 is 0 Å². The summed E-state index contributed by atoms with van der Waals surface area (Å²) in [7, 11) is 0. The standard InChI is InChI=1S/C7H6BrClN2S/c8-2-4-1-5-6(12-4)3-10-7(9)11-5/h1,3,5-6H,2H2. The Bertz CT molecular complexity index is 287. The van der Waals surface area contributed by atoms with Crippen molar-refractivity contribution in [2.45, 2.75) is 11.3 Å². The Labute approximate surface area is 88.3 Å². The summed E-state index contributed by atoms with van der Waals surface area (Å²) in [6.07, 6.45) is 4.01. The van der Waals surface area contributed by atoms with Crippen LogP contribution in [0, 0.1) is 0 Å². The third-order valence-corrected chi connectivity index (χ3v) is 4.12. The molecule has 0 radical (unpaired) electrons. The van der Waals surface area contributed by atoms with Crippen molar-refractivity contribution in [2.75, 3.05) is 5.33 Å². The third-order valence-electron chi connectivity index (χ3n) is 1.70. The molecule has 2 heterocycles. The zero-order valence-electron chi connectivity index (χ0n) is 6.08. The number of amidine groups is 1. The average molecular weight is 266 g/mol. The van der Waals surface area contributed by atoms with Gasteiger partial charge in [0.25, 0.3) is 0 Å². The second kappa shape index (κ2) is 3.52. The van der Waals surface area contributed by atoms with Crippen LogP contribution >= 0.6 is 39.3 Å². The van der Waals surface area contributed by atoms with Crippen molar-refractivity contribution in [3.05, 3.63) is 11.0 Å². The number of nitrogens with zero attached hydrogens (tertiary/aromatic N) is 2. The molecule has 2 atom stereocenters. The number of aliphatic imine (C=N–C) groups is 2. The Morgan fingerprint density at radius 2 is 2.50 bits per heavy atom. The van der Waals surface area contributed by atoms with Gasteiger partial charge in [-0.05, 0) is 22.6 Å². The number of hydrogen-bond acceptors (Lipinski definition) is 3. The summed E-state index contributed by atoms with van der Waals surface area (Å²) in [6.45, 7) is 0. The molecule has 0 spiro atoms. The van der Waals surface area contributed by atoms with E-state index in [4.69, 9.17) is 11.6 Å². The zero-order valence-corrected chi connectivity index (χ0v) is 9.23. The largest absolute Gasteiger partial charge is 0.247 e. The lowest BCUT2D eigenvalue weighted by molar-refractivity contribution is 0.887. The van der Waals surface area contributed by atoms with E-state index in [1.807, 2.05) is 6.21 Å². The number of hydrogen-bond donors (Lipinski definition) is 0. The molecule has 2 nitrogen and oxygen atoms in total. The summed E-state index contributed by atoms with van der Waals surface area (Å²) in [5.74, 6) is 0. The monoisotopic (exact) mass is 264 g/mol. The summed E-state index contributed by atoms with van der Waals surface area (Å²) < 4.78 is 0. The zero-order chi connectivity index (χ0) is 8.55. The van der Waals surface area contributed by atoms with Gasteiger partial charge < -0.3 is 0 Å². The second-order valence-electron chi connectivity index (χ2n) is 2.52. The van der Waals surface area contributed by atoms with Gasteiger partial charge in [-0.2, -0.15) is 0 Å². The Hall–Kier alpha value is 0.200. The number of fused-ring (bicyclic) bond motifs is 1. The van der Waals surface area contributed by atoms with Crippen molar-refractivity contribution in [1.29, 1.82) is 0 Å². The minimum atomic E-state index is 0.201. The van der Waals surface area contributed by atoms with E-state index in [-0.39, 0.29) is 6.04 Å². The predicted octanol–water partition coefficient (Wildman–Crippen LogP) is 2.43. The highest BCUT2D eigenvalue weighted by Gasteiger charge is 2.28. The quantitative estimate of drug-likeness (QED) is 0.528. The Morgan fingerprint density at radius 3 is 3.25 bits per heavy atom. The minimum absolute atomic E-state index is 0.201. The highest BCUT2D eigenvalue weighted by Crippen LogP contribution is 2.35. The second-order valence-corrected chi connectivity index (χ2v) is 4.72. The van der Waals surface area contributed by atoms with Crippen LogP contribution in [-0.4, -0.2) is 28.1 Å². The van der Waals surface area contributed by atoms with Gasteiger partial charge >= 0.3 is 0 Å². The molecule has 0 N–H and O–H groups in total. The van der Waals surface area contributed by atoms with Crippen LogP contribution in [0.1, 0.15) is 0 Å². The van der Waals surface area contributed by atoms with Gasteiger partial charge in [0.15, 0.2) is 0 Å². The topological polar surface area (TPSA) is 24.7 Å². The van der Waals surface area contributed by atoms with Crippen LogP contribution in [0.4, 0.5) is 0 Å². The first-order chi connectivity index (χ1) is 5.79. The molecule has 0 saturated heterocycles. The van der Waals surface area contributed by atoms with Crippen LogP contribution in [0.25, 0.3) is 0 Å². The molecule has 0 aromatic carbocycles. The van der Waals surface area contributed by atoms with E-state index in [2.05, 4.69) is 32.0 Å². The fourth-order valence-electron chi connectivity index (χ4n) is 1.17. The first-order valence-electron chi connectivity index (χ1n) is 3.50. The Morgan fingerprint density at radius 1 is 1.67 bits per heavy atom. The van der Waals surface area contributed by atoms with E-state index in [0.29, 0.717) is 10.5 Å². The van der Waals surface area contributed by atoms with Crippen molar-refractivity contribution in [3.8, 4) is 0 Å². The van der Waals surface area contributed by atoms with Gasteiger partial charge in [-0.3, -0.25) is 0 Å². The van der Waals surface area contributed by atoms with Crippen LogP contribution in [0.5, 0.6) is 0 Å². The third kappa shape index (κ3) is 1.60. The summed E-state index contributed by atoms with van der Waals surface area (Å²) in [5.41, 5.74) is 0. The molecule has 2 rings (SSSR count). The maximum atomic E-state index is 5.68. The molecule has 2 unspecified atom stereocenters. The fourth-order valence-corrected chi connectivity index (χ4v) is 2.95. The molecule has 12 heavy (non-hydrogen) atoms. The van der Waals surface area contributed by atoms with Gasteiger partial charge in [0.05, 0.1) is 11.3 Å². The molecule has 0 amide bonds. The van der Waals surface area contributed by atoms with Crippen molar-refractivity contribution >= 4 is 50.8 Å². The molecule has 0 saturated carbocycles. The molecule has 64 valence electrons. The van der Waals surface area contributed by atoms with Crippen molar-refractivity contribution in [1.82, 2.24) is 0 Å². The average Bonchev–Trinajstić information content (AvgIpc) is 2.46. The molecule has 5 heteroatoms. The van der Waals surface area contributed by atoms with Crippen molar-refractivity contribution in [3.63, 3.8) is 0 Å². The van der Waals surface area contributed by atoms with Gasteiger partial charge in [0, 0.05) is 11.5 Å². The normalized spacial score (nSPS) is 32.8.